The van der Waals surface area contributed by atoms with Crippen LogP contribution in [0.3, 0.4) is 0 Å². The summed E-state index contributed by atoms with van der Waals surface area (Å²) >= 11 is 0. The summed E-state index contributed by atoms with van der Waals surface area (Å²) in [5.41, 5.74) is 4.45. The highest BCUT2D eigenvalue weighted by atomic mass is 16.3. The summed E-state index contributed by atoms with van der Waals surface area (Å²) in [5.74, 6) is -1.02. The molecule has 0 radical (unpaired) electrons. The van der Waals surface area contributed by atoms with Gasteiger partial charge in [0, 0.05) is 52.7 Å². The minimum atomic E-state index is -0.521. The number of quaternary nitrogens is 1. The molecule has 162 valence electrons. The number of carbonyl (C=O) groups excluding carboxylic acids is 3. The maximum absolute atomic E-state index is 13.1. The topological polar surface area (TPSA) is 102 Å². The summed E-state index contributed by atoms with van der Waals surface area (Å²) in [5, 5.41) is 3.15. The van der Waals surface area contributed by atoms with Gasteiger partial charge in [0.1, 0.15) is 12.1 Å². The Morgan fingerprint density at radius 3 is 2.79 bits per heavy atom. The third-order valence-corrected chi connectivity index (χ3v) is 6.73. The molecule has 6 rings (SSSR count). The summed E-state index contributed by atoms with van der Waals surface area (Å²) in [6.07, 6.45) is 8.74. The van der Waals surface area contributed by atoms with Gasteiger partial charge >= 0.3 is 5.91 Å². The summed E-state index contributed by atoms with van der Waals surface area (Å²) in [6, 6.07) is 7.57. The lowest BCUT2D eigenvalue weighted by Gasteiger charge is -2.32. The third kappa shape index (κ3) is 2.64. The normalized spacial score (nSPS) is 21.7. The lowest BCUT2D eigenvalue weighted by molar-refractivity contribution is -0.127. The number of rotatable bonds is 2. The Kier molecular flexibility index (Phi) is 4.09. The summed E-state index contributed by atoms with van der Waals surface area (Å²) in [4.78, 5) is 47.7. The van der Waals surface area contributed by atoms with Crippen molar-refractivity contribution in [3.8, 4) is 0 Å². The van der Waals surface area contributed by atoms with Crippen molar-refractivity contribution >= 4 is 51.7 Å². The van der Waals surface area contributed by atoms with Gasteiger partial charge in [-0.05, 0) is 12.1 Å². The van der Waals surface area contributed by atoms with Crippen LogP contribution in [0.25, 0.3) is 22.1 Å². The lowest BCUT2D eigenvalue weighted by Crippen LogP contribution is -2.53. The smallest absolute Gasteiger partial charge is 0.315 e. The van der Waals surface area contributed by atoms with Gasteiger partial charge < -0.3 is 4.42 Å². The van der Waals surface area contributed by atoms with E-state index >= 15 is 0 Å². The van der Waals surface area contributed by atoms with E-state index in [1.807, 2.05) is 18.2 Å². The number of hydrogen-bond donors (Lipinski definition) is 1. The number of aliphatic imine (C=N–C) groups is 1. The van der Waals surface area contributed by atoms with E-state index in [0.29, 0.717) is 29.8 Å². The molecule has 0 aliphatic carbocycles. The zero-order chi connectivity index (χ0) is 22.7. The predicted molar refractivity (Wildman–Crippen MR) is 123 cm³/mol. The van der Waals surface area contributed by atoms with Crippen molar-refractivity contribution in [2.24, 2.45) is 4.99 Å². The number of fused-ring (bicyclic) bond motifs is 1. The van der Waals surface area contributed by atoms with E-state index in [-0.39, 0.29) is 21.5 Å². The maximum atomic E-state index is 13.1. The molecule has 3 aliphatic heterocycles. The van der Waals surface area contributed by atoms with Gasteiger partial charge in [-0.1, -0.05) is 12.1 Å². The van der Waals surface area contributed by atoms with E-state index in [2.05, 4.69) is 15.3 Å². The van der Waals surface area contributed by atoms with Crippen molar-refractivity contribution < 1.29 is 18.8 Å². The van der Waals surface area contributed by atoms with Crippen LogP contribution in [0.5, 0.6) is 0 Å². The number of hydrogen-bond acceptors (Lipinski definition) is 6. The van der Waals surface area contributed by atoms with Crippen LogP contribution in [0.2, 0.25) is 0 Å². The number of amides is 3. The van der Waals surface area contributed by atoms with Crippen LogP contribution in [-0.2, 0) is 20.8 Å². The molecule has 1 aromatic carbocycles. The molecule has 0 fully saturated rings. The second-order valence-corrected chi connectivity index (χ2v) is 8.39. The van der Waals surface area contributed by atoms with Crippen molar-refractivity contribution in [1.82, 2.24) is 14.8 Å². The molecule has 3 aliphatic rings. The standard InChI is InChI=1S/C25H18N4O4/c1-14(30)29-8-5-15-3-2-4-17(22(15)29)18(12-26-7-9-29)20-21(25(32)28-24(20)31)19-13-27-11-16-6-10-33-23(16)19/h2-4,6-7,10-13H,5,8-9H2,1H3/p+1. The summed E-state index contributed by atoms with van der Waals surface area (Å²) < 4.78 is 5.76. The number of pyridine rings is 1. The minimum Gasteiger partial charge on any atom is -0.464 e. The lowest BCUT2D eigenvalue weighted by atomic mass is 9.90. The van der Waals surface area contributed by atoms with Crippen LogP contribution in [0.15, 0.2) is 64.1 Å². The minimum absolute atomic E-state index is 0.0135. The third-order valence-electron chi connectivity index (χ3n) is 6.73. The summed E-state index contributed by atoms with van der Waals surface area (Å²) in [7, 11) is 0. The van der Waals surface area contributed by atoms with Crippen LogP contribution < -0.4 is 9.80 Å². The van der Waals surface area contributed by atoms with E-state index in [9.17, 15) is 14.4 Å². The molecule has 1 N–H and O–H groups in total. The zero-order valence-electron chi connectivity index (χ0n) is 17.8. The SMILES string of the molecule is CC(=O)[N+]12CC=NC=C(C3=C(c4cncc5ccoc45)C(=O)NC3=O)c3cccc(c31)CC2. The molecular weight excluding hydrogens is 420 g/mol. The molecule has 1 atom stereocenters. The van der Waals surface area contributed by atoms with E-state index in [1.165, 1.54) is 12.5 Å². The van der Waals surface area contributed by atoms with Gasteiger partial charge in [0.15, 0.2) is 5.69 Å². The first-order valence-corrected chi connectivity index (χ1v) is 10.7. The number of nitrogens with one attached hydrogen (secondary N) is 1. The van der Waals surface area contributed by atoms with E-state index in [4.69, 9.17) is 4.42 Å². The zero-order valence-corrected chi connectivity index (χ0v) is 17.8. The Balaban J connectivity index is 1.67. The first-order valence-electron chi connectivity index (χ1n) is 10.7. The highest BCUT2D eigenvalue weighted by Crippen LogP contribution is 2.45. The largest absolute Gasteiger partial charge is 0.464 e. The first-order chi connectivity index (χ1) is 16.0. The number of nitrogens with zero attached hydrogens (tertiary/aromatic N) is 3. The fourth-order valence-electron chi connectivity index (χ4n) is 5.19. The fraction of sp³-hybridized carbons (Fsp3) is 0.160. The van der Waals surface area contributed by atoms with E-state index in [0.717, 1.165) is 28.6 Å². The van der Waals surface area contributed by atoms with Crippen LogP contribution in [0.4, 0.5) is 5.69 Å². The van der Waals surface area contributed by atoms with Crippen LogP contribution in [0, 0.1) is 0 Å². The Morgan fingerprint density at radius 1 is 1.09 bits per heavy atom. The van der Waals surface area contributed by atoms with Gasteiger partial charge in [-0.15, -0.1) is 0 Å². The Bertz CT molecular complexity index is 1490. The number of imide groups is 1. The Morgan fingerprint density at radius 2 is 1.94 bits per heavy atom. The van der Waals surface area contributed by atoms with Crippen LogP contribution >= 0.6 is 0 Å². The molecule has 3 aromatic rings. The molecule has 0 saturated heterocycles. The Hall–Kier alpha value is -4.17. The van der Waals surface area contributed by atoms with Crippen molar-refractivity contribution in [1.29, 1.82) is 0 Å². The van der Waals surface area contributed by atoms with Gasteiger partial charge in [-0.3, -0.25) is 24.9 Å². The second-order valence-electron chi connectivity index (χ2n) is 8.39. The molecule has 33 heavy (non-hydrogen) atoms. The monoisotopic (exact) mass is 439 g/mol. The predicted octanol–water partition coefficient (Wildman–Crippen LogP) is 2.77. The van der Waals surface area contributed by atoms with Gasteiger partial charge in [-0.2, -0.15) is 0 Å². The number of aromatic nitrogens is 1. The highest BCUT2D eigenvalue weighted by Gasteiger charge is 2.46. The first kappa shape index (κ1) is 19.5. The number of para-hydroxylation sites is 1. The van der Waals surface area contributed by atoms with Crippen molar-refractivity contribution in [3.05, 3.63) is 71.4 Å². The molecule has 0 bridgehead atoms. The molecule has 8 heteroatoms. The van der Waals surface area contributed by atoms with Crippen LogP contribution in [-0.4, -0.2) is 42.0 Å². The molecule has 3 amide bonds. The molecule has 8 nitrogen and oxygen atoms in total. The number of carbonyl (C=O) groups is 3. The molecule has 0 spiro atoms. The van der Waals surface area contributed by atoms with Crippen LogP contribution in [0.1, 0.15) is 23.6 Å². The molecule has 0 saturated carbocycles. The van der Waals surface area contributed by atoms with Gasteiger partial charge in [0.25, 0.3) is 11.8 Å². The number of benzene rings is 1. The van der Waals surface area contributed by atoms with Crippen molar-refractivity contribution in [2.45, 2.75) is 13.3 Å². The van der Waals surface area contributed by atoms with Crippen molar-refractivity contribution in [3.63, 3.8) is 0 Å². The maximum Gasteiger partial charge on any atom is 0.315 e. The molecule has 1 unspecified atom stereocenters. The molecular formula is C25H19N4O4+. The van der Waals surface area contributed by atoms with Crippen molar-refractivity contribution in [2.75, 3.05) is 13.1 Å². The van der Waals surface area contributed by atoms with E-state index < -0.39 is 11.8 Å². The second kappa shape index (κ2) is 6.91. The average Bonchev–Trinajstić information content (AvgIpc) is 3.48. The Labute approximate surface area is 188 Å². The van der Waals surface area contributed by atoms with E-state index in [1.54, 1.807) is 31.6 Å². The molecule has 5 heterocycles. The summed E-state index contributed by atoms with van der Waals surface area (Å²) in [6.45, 7) is 2.66. The number of furan rings is 1. The quantitative estimate of drug-likeness (QED) is 0.489. The van der Waals surface area contributed by atoms with Gasteiger partial charge in [0.2, 0.25) is 0 Å². The highest BCUT2D eigenvalue weighted by molar-refractivity contribution is 6.41. The van der Waals surface area contributed by atoms with Gasteiger partial charge in [0.05, 0.1) is 37.1 Å². The molecule has 2 aromatic heterocycles. The fourth-order valence-corrected chi connectivity index (χ4v) is 5.19. The van der Waals surface area contributed by atoms with Gasteiger partial charge in [-0.25, -0.2) is 9.28 Å². The average molecular weight is 439 g/mol.